The van der Waals surface area contributed by atoms with Gasteiger partial charge in [-0.25, -0.2) is 9.97 Å². The highest BCUT2D eigenvalue weighted by atomic mass is 15.3. The Morgan fingerprint density at radius 2 is 1.52 bits per heavy atom. The van der Waals surface area contributed by atoms with Crippen LogP contribution in [0.25, 0.3) is 0 Å². The Balaban J connectivity index is 1.35. The van der Waals surface area contributed by atoms with E-state index in [1.54, 1.807) is 6.20 Å². The number of aromatic nitrogens is 4. The quantitative estimate of drug-likeness (QED) is 0.356. The SMILES string of the molecule is CCCN(C)c1ccc(CCc2ccc(CN(Cc3nccn3C)c3ncc[nH]3)cc2)cc1. The molecular weight excluding hydrogens is 408 g/mol. The van der Waals surface area contributed by atoms with E-state index in [2.05, 4.69) is 87.3 Å². The van der Waals surface area contributed by atoms with E-state index in [-0.39, 0.29) is 0 Å². The third-order valence-corrected chi connectivity index (χ3v) is 6.07. The van der Waals surface area contributed by atoms with Crippen LogP contribution in [-0.2, 0) is 33.0 Å². The number of nitrogens with zero attached hydrogens (tertiary/aromatic N) is 5. The van der Waals surface area contributed by atoms with E-state index < -0.39 is 0 Å². The van der Waals surface area contributed by atoms with Gasteiger partial charge in [-0.05, 0) is 48.1 Å². The Morgan fingerprint density at radius 3 is 2.09 bits per heavy atom. The Hall–Kier alpha value is -3.54. The summed E-state index contributed by atoms with van der Waals surface area (Å²) >= 11 is 0. The lowest BCUT2D eigenvalue weighted by Gasteiger charge is -2.22. The van der Waals surface area contributed by atoms with Crippen LogP contribution in [0.3, 0.4) is 0 Å². The van der Waals surface area contributed by atoms with Gasteiger partial charge in [0.25, 0.3) is 0 Å². The summed E-state index contributed by atoms with van der Waals surface area (Å²) < 4.78 is 2.05. The van der Waals surface area contributed by atoms with Gasteiger partial charge in [0.1, 0.15) is 5.82 Å². The van der Waals surface area contributed by atoms with Crippen LogP contribution in [0.5, 0.6) is 0 Å². The van der Waals surface area contributed by atoms with Crippen LogP contribution in [0.4, 0.5) is 11.6 Å². The molecular formula is C27H34N6. The van der Waals surface area contributed by atoms with Gasteiger partial charge in [-0.1, -0.05) is 43.3 Å². The van der Waals surface area contributed by atoms with Crippen molar-refractivity contribution in [1.82, 2.24) is 19.5 Å². The summed E-state index contributed by atoms with van der Waals surface area (Å²) in [6.45, 7) is 4.77. The van der Waals surface area contributed by atoms with Crippen molar-refractivity contribution in [3.05, 3.63) is 95.8 Å². The second-order valence-corrected chi connectivity index (χ2v) is 8.63. The van der Waals surface area contributed by atoms with Gasteiger partial charge in [-0.2, -0.15) is 0 Å². The summed E-state index contributed by atoms with van der Waals surface area (Å²) in [5.41, 5.74) is 5.29. The fourth-order valence-corrected chi connectivity index (χ4v) is 4.06. The molecule has 0 aliphatic heterocycles. The van der Waals surface area contributed by atoms with Gasteiger partial charge in [0.15, 0.2) is 0 Å². The summed E-state index contributed by atoms with van der Waals surface area (Å²) in [5.74, 6) is 1.87. The number of anilines is 2. The van der Waals surface area contributed by atoms with Crippen molar-refractivity contribution >= 4 is 11.6 Å². The molecule has 0 fully saturated rings. The number of benzene rings is 2. The number of hydrogen-bond acceptors (Lipinski definition) is 4. The molecule has 0 atom stereocenters. The summed E-state index contributed by atoms with van der Waals surface area (Å²) in [4.78, 5) is 16.7. The lowest BCUT2D eigenvalue weighted by molar-refractivity contribution is 0.700. The fraction of sp³-hybridized carbons (Fsp3) is 0.333. The molecule has 172 valence electrons. The molecule has 2 aromatic carbocycles. The number of aromatic amines is 1. The molecule has 2 heterocycles. The van der Waals surface area contributed by atoms with E-state index in [0.717, 1.165) is 44.1 Å². The van der Waals surface area contributed by atoms with Crippen molar-refractivity contribution in [3.63, 3.8) is 0 Å². The summed E-state index contributed by atoms with van der Waals surface area (Å²) in [5, 5.41) is 0. The second kappa shape index (κ2) is 10.9. The Kier molecular flexibility index (Phi) is 7.45. The topological polar surface area (TPSA) is 53.0 Å². The van der Waals surface area contributed by atoms with Crippen LogP contribution in [0.1, 0.15) is 35.9 Å². The van der Waals surface area contributed by atoms with Gasteiger partial charge >= 0.3 is 0 Å². The number of H-pyrrole nitrogens is 1. The first-order chi connectivity index (χ1) is 16.1. The van der Waals surface area contributed by atoms with Gasteiger partial charge < -0.3 is 19.4 Å². The van der Waals surface area contributed by atoms with E-state index in [4.69, 9.17) is 0 Å². The highest BCUT2D eigenvalue weighted by Crippen LogP contribution is 2.18. The monoisotopic (exact) mass is 442 g/mol. The first-order valence-electron chi connectivity index (χ1n) is 11.7. The van der Waals surface area contributed by atoms with E-state index in [1.807, 2.05) is 30.2 Å². The second-order valence-electron chi connectivity index (χ2n) is 8.63. The van der Waals surface area contributed by atoms with E-state index in [0.29, 0.717) is 6.54 Å². The van der Waals surface area contributed by atoms with Gasteiger partial charge in [-0.15, -0.1) is 0 Å². The lowest BCUT2D eigenvalue weighted by atomic mass is 10.0. The Morgan fingerprint density at radius 1 is 0.848 bits per heavy atom. The van der Waals surface area contributed by atoms with Gasteiger partial charge in [-0.3, -0.25) is 0 Å². The number of imidazole rings is 2. The van der Waals surface area contributed by atoms with Crippen LogP contribution in [0.2, 0.25) is 0 Å². The molecule has 6 nitrogen and oxygen atoms in total. The Labute approximate surface area is 196 Å². The smallest absolute Gasteiger partial charge is 0.203 e. The maximum Gasteiger partial charge on any atom is 0.203 e. The molecule has 0 amide bonds. The van der Waals surface area contributed by atoms with E-state index >= 15 is 0 Å². The first-order valence-corrected chi connectivity index (χ1v) is 11.7. The standard InChI is InChI=1S/C27H34N6/c1-4-18-31(2)25-13-11-23(12-14-25)6-5-22-7-9-24(10-8-22)20-33(27-29-15-16-30-27)21-26-28-17-19-32(26)3/h7-17,19H,4-6,18,20-21H2,1-3H3,(H,29,30). The van der Waals surface area contributed by atoms with Crippen LogP contribution in [0.15, 0.2) is 73.3 Å². The predicted octanol–water partition coefficient (Wildman–Crippen LogP) is 4.98. The Bertz CT molecular complexity index is 1100. The van der Waals surface area contributed by atoms with Gasteiger partial charge in [0, 0.05) is 57.7 Å². The normalized spacial score (nSPS) is 11.0. The molecule has 0 bridgehead atoms. The van der Waals surface area contributed by atoms with Crippen LogP contribution in [0, 0.1) is 0 Å². The molecule has 0 unspecified atom stereocenters. The largest absolute Gasteiger partial charge is 0.375 e. The summed E-state index contributed by atoms with van der Waals surface area (Å²) in [6.07, 6.45) is 10.7. The average molecular weight is 443 g/mol. The summed E-state index contributed by atoms with van der Waals surface area (Å²) in [6, 6.07) is 17.9. The molecule has 0 saturated carbocycles. The molecule has 6 heteroatoms. The van der Waals surface area contributed by atoms with Crippen molar-refractivity contribution in [2.75, 3.05) is 23.4 Å². The van der Waals surface area contributed by atoms with Crippen molar-refractivity contribution in [1.29, 1.82) is 0 Å². The number of rotatable bonds is 11. The lowest BCUT2D eigenvalue weighted by Crippen LogP contribution is -2.25. The maximum absolute atomic E-state index is 4.48. The number of nitrogens with one attached hydrogen (secondary N) is 1. The van der Waals surface area contributed by atoms with Gasteiger partial charge in [0.05, 0.1) is 6.54 Å². The predicted molar refractivity (Wildman–Crippen MR) is 136 cm³/mol. The molecule has 0 radical (unpaired) electrons. The van der Waals surface area contributed by atoms with Crippen molar-refractivity contribution in [2.45, 2.75) is 39.3 Å². The highest BCUT2D eigenvalue weighted by Gasteiger charge is 2.13. The molecule has 0 spiro atoms. The molecule has 0 aliphatic carbocycles. The highest BCUT2D eigenvalue weighted by molar-refractivity contribution is 5.47. The average Bonchev–Trinajstić information content (AvgIpc) is 3.51. The van der Waals surface area contributed by atoms with E-state index in [1.165, 1.54) is 22.4 Å². The molecule has 33 heavy (non-hydrogen) atoms. The molecule has 1 N–H and O–H groups in total. The van der Waals surface area contributed by atoms with Crippen LogP contribution in [-0.4, -0.2) is 33.1 Å². The molecule has 0 saturated heterocycles. The van der Waals surface area contributed by atoms with Crippen molar-refractivity contribution in [3.8, 4) is 0 Å². The van der Waals surface area contributed by atoms with Crippen LogP contribution >= 0.6 is 0 Å². The minimum atomic E-state index is 0.697. The minimum absolute atomic E-state index is 0.697. The van der Waals surface area contributed by atoms with Gasteiger partial charge in [0.2, 0.25) is 5.95 Å². The zero-order valence-corrected chi connectivity index (χ0v) is 19.9. The third-order valence-electron chi connectivity index (χ3n) is 6.07. The number of aryl methyl sites for hydroxylation is 3. The zero-order chi connectivity index (χ0) is 23.0. The molecule has 4 aromatic rings. The van der Waals surface area contributed by atoms with E-state index in [9.17, 15) is 0 Å². The molecule has 0 aliphatic rings. The molecule has 4 rings (SSSR count). The number of hydrogen-bond donors (Lipinski definition) is 1. The maximum atomic E-state index is 4.48. The first kappa shape index (κ1) is 22.6. The molecule has 2 aromatic heterocycles. The van der Waals surface area contributed by atoms with Crippen molar-refractivity contribution < 1.29 is 0 Å². The van der Waals surface area contributed by atoms with Crippen molar-refractivity contribution in [2.24, 2.45) is 7.05 Å². The fourth-order valence-electron chi connectivity index (χ4n) is 4.06. The zero-order valence-electron chi connectivity index (χ0n) is 19.9. The van der Waals surface area contributed by atoms with Crippen LogP contribution < -0.4 is 9.80 Å². The minimum Gasteiger partial charge on any atom is -0.375 e. The summed E-state index contributed by atoms with van der Waals surface area (Å²) in [7, 11) is 4.18. The third kappa shape index (κ3) is 6.04.